The van der Waals surface area contributed by atoms with Gasteiger partial charge in [-0.3, -0.25) is 4.79 Å². The monoisotopic (exact) mass is 281 g/mol. The van der Waals surface area contributed by atoms with E-state index in [9.17, 15) is 4.79 Å². The van der Waals surface area contributed by atoms with Gasteiger partial charge in [-0.05, 0) is 48.5 Å². The van der Waals surface area contributed by atoms with Crippen LogP contribution in [0, 0.1) is 11.3 Å². The Labute approximate surface area is 123 Å². The van der Waals surface area contributed by atoms with Crippen molar-refractivity contribution >= 4 is 17.3 Å². The number of amides is 1. The lowest BCUT2D eigenvalue weighted by atomic mass is 10.2. The maximum Gasteiger partial charge on any atom is 0.243 e. The first-order valence-corrected chi connectivity index (χ1v) is 6.39. The molecular weight excluding hydrogens is 266 g/mol. The standard InChI is InChI=1S/C16H15N3O2/c1-21-15-8-6-13(7-9-15)18-11-16(20)19-14-4-2-12(10-17)3-5-14/h2-9,18H,11H2,1H3,(H,19,20). The molecule has 0 spiro atoms. The van der Waals surface area contributed by atoms with Crippen LogP contribution in [0.25, 0.3) is 0 Å². The summed E-state index contributed by atoms with van der Waals surface area (Å²) in [5.41, 5.74) is 2.06. The van der Waals surface area contributed by atoms with Crippen LogP contribution in [0.3, 0.4) is 0 Å². The predicted octanol–water partition coefficient (Wildman–Crippen LogP) is 2.62. The van der Waals surface area contributed by atoms with Gasteiger partial charge in [0.05, 0.1) is 25.3 Å². The highest BCUT2D eigenvalue weighted by atomic mass is 16.5. The molecule has 1 amide bonds. The van der Waals surface area contributed by atoms with Gasteiger partial charge in [0.25, 0.3) is 0 Å². The first-order chi connectivity index (χ1) is 10.2. The third-order valence-electron chi connectivity index (χ3n) is 2.84. The van der Waals surface area contributed by atoms with E-state index in [1.807, 2.05) is 30.3 Å². The predicted molar refractivity (Wildman–Crippen MR) is 81.3 cm³/mol. The van der Waals surface area contributed by atoms with E-state index in [1.54, 1.807) is 31.4 Å². The molecule has 0 fully saturated rings. The molecule has 106 valence electrons. The summed E-state index contributed by atoms with van der Waals surface area (Å²) in [4.78, 5) is 11.8. The van der Waals surface area contributed by atoms with Crippen molar-refractivity contribution in [3.05, 3.63) is 54.1 Å². The molecule has 21 heavy (non-hydrogen) atoms. The minimum Gasteiger partial charge on any atom is -0.497 e. The van der Waals surface area contributed by atoms with Crippen LogP contribution < -0.4 is 15.4 Å². The van der Waals surface area contributed by atoms with E-state index < -0.39 is 0 Å². The molecule has 0 bridgehead atoms. The van der Waals surface area contributed by atoms with Gasteiger partial charge < -0.3 is 15.4 Å². The Balaban J connectivity index is 1.85. The summed E-state index contributed by atoms with van der Waals surface area (Å²) in [6.45, 7) is 0.159. The van der Waals surface area contributed by atoms with Gasteiger partial charge in [0.2, 0.25) is 5.91 Å². The second kappa shape index (κ2) is 6.96. The number of carbonyl (C=O) groups excluding carboxylic acids is 1. The third kappa shape index (κ3) is 4.25. The average Bonchev–Trinajstić information content (AvgIpc) is 2.54. The van der Waals surface area contributed by atoms with Crippen molar-refractivity contribution in [2.45, 2.75) is 0 Å². The summed E-state index contributed by atoms with van der Waals surface area (Å²) in [6.07, 6.45) is 0. The lowest BCUT2D eigenvalue weighted by Gasteiger charge is -2.08. The highest BCUT2D eigenvalue weighted by Gasteiger charge is 2.02. The second-order valence-electron chi connectivity index (χ2n) is 4.32. The molecule has 5 nitrogen and oxygen atoms in total. The summed E-state index contributed by atoms with van der Waals surface area (Å²) in [5, 5.41) is 14.5. The largest absolute Gasteiger partial charge is 0.497 e. The van der Waals surface area contributed by atoms with Crippen molar-refractivity contribution < 1.29 is 9.53 Å². The molecule has 0 aliphatic heterocycles. The zero-order valence-corrected chi connectivity index (χ0v) is 11.6. The molecule has 0 aromatic heterocycles. The van der Waals surface area contributed by atoms with Gasteiger partial charge in [0.15, 0.2) is 0 Å². The van der Waals surface area contributed by atoms with Crippen molar-refractivity contribution in [2.24, 2.45) is 0 Å². The minimum atomic E-state index is -0.157. The number of rotatable bonds is 5. The number of carbonyl (C=O) groups is 1. The lowest BCUT2D eigenvalue weighted by molar-refractivity contribution is -0.114. The molecule has 2 N–H and O–H groups in total. The first kappa shape index (κ1) is 14.4. The van der Waals surface area contributed by atoms with Crippen molar-refractivity contribution in [2.75, 3.05) is 24.3 Å². The number of anilines is 2. The topological polar surface area (TPSA) is 74.2 Å². The Kier molecular flexibility index (Phi) is 4.78. The summed E-state index contributed by atoms with van der Waals surface area (Å²) in [6, 6.07) is 16.1. The Morgan fingerprint density at radius 1 is 1.10 bits per heavy atom. The van der Waals surface area contributed by atoms with Crippen LogP contribution in [-0.2, 0) is 4.79 Å². The summed E-state index contributed by atoms with van der Waals surface area (Å²) in [5.74, 6) is 0.609. The van der Waals surface area contributed by atoms with Crippen LogP contribution >= 0.6 is 0 Å². The van der Waals surface area contributed by atoms with E-state index in [1.165, 1.54) is 0 Å². The SMILES string of the molecule is COc1ccc(NCC(=O)Nc2ccc(C#N)cc2)cc1. The van der Waals surface area contributed by atoms with Crippen LogP contribution in [-0.4, -0.2) is 19.6 Å². The zero-order chi connectivity index (χ0) is 15.1. The van der Waals surface area contributed by atoms with Gasteiger partial charge in [-0.25, -0.2) is 0 Å². The Bertz CT molecular complexity index is 643. The number of hydrogen-bond donors (Lipinski definition) is 2. The molecule has 0 radical (unpaired) electrons. The van der Waals surface area contributed by atoms with Gasteiger partial charge in [0.1, 0.15) is 5.75 Å². The van der Waals surface area contributed by atoms with E-state index in [0.29, 0.717) is 11.3 Å². The number of hydrogen-bond acceptors (Lipinski definition) is 4. The van der Waals surface area contributed by atoms with Crippen LogP contribution in [0.4, 0.5) is 11.4 Å². The fourth-order valence-electron chi connectivity index (χ4n) is 1.72. The van der Waals surface area contributed by atoms with Crippen molar-refractivity contribution in [3.8, 4) is 11.8 Å². The molecule has 2 aromatic carbocycles. The van der Waals surface area contributed by atoms with E-state index in [4.69, 9.17) is 10.00 Å². The fourth-order valence-corrected chi connectivity index (χ4v) is 1.72. The number of nitrogens with zero attached hydrogens (tertiary/aromatic N) is 1. The molecule has 5 heteroatoms. The smallest absolute Gasteiger partial charge is 0.243 e. The van der Waals surface area contributed by atoms with E-state index in [2.05, 4.69) is 10.6 Å². The van der Waals surface area contributed by atoms with Crippen molar-refractivity contribution in [3.63, 3.8) is 0 Å². The highest BCUT2D eigenvalue weighted by molar-refractivity contribution is 5.93. The third-order valence-corrected chi connectivity index (χ3v) is 2.84. The number of nitrogens with one attached hydrogen (secondary N) is 2. The second-order valence-corrected chi connectivity index (χ2v) is 4.32. The van der Waals surface area contributed by atoms with Crippen molar-refractivity contribution in [1.29, 1.82) is 5.26 Å². The zero-order valence-electron chi connectivity index (χ0n) is 11.6. The van der Waals surface area contributed by atoms with Crippen LogP contribution in [0.5, 0.6) is 5.75 Å². The Hall–Kier alpha value is -3.00. The van der Waals surface area contributed by atoms with Crippen LogP contribution in [0.15, 0.2) is 48.5 Å². The number of nitriles is 1. The Morgan fingerprint density at radius 2 is 1.71 bits per heavy atom. The molecule has 0 saturated heterocycles. The van der Waals surface area contributed by atoms with Gasteiger partial charge in [-0.1, -0.05) is 0 Å². The average molecular weight is 281 g/mol. The molecule has 0 saturated carbocycles. The molecule has 0 unspecified atom stereocenters. The maximum atomic E-state index is 11.8. The minimum absolute atomic E-state index is 0.157. The van der Waals surface area contributed by atoms with E-state index >= 15 is 0 Å². The van der Waals surface area contributed by atoms with Gasteiger partial charge in [-0.15, -0.1) is 0 Å². The molecular formula is C16H15N3O2. The normalized spacial score (nSPS) is 9.52. The number of ether oxygens (including phenoxy) is 1. The first-order valence-electron chi connectivity index (χ1n) is 6.39. The molecule has 0 atom stereocenters. The van der Waals surface area contributed by atoms with Crippen LogP contribution in [0.1, 0.15) is 5.56 Å². The molecule has 0 heterocycles. The van der Waals surface area contributed by atoms with Gasteiger partial charge in [0, 0.05) is 11.4 Å². The molecule has 0 aliphatic carbocycles. The van der Waals surface area contributed by atoms with Gasteiger partial charge >= 0.3 is 0 Å². The van der Waals surface area contributed by atoms with Crippen LogP contribution in [0.2, 0.25) is 0 Å². The molecule has 2 rings (SSSR count). The number of methoxy groups -OCH3 is 1. The molecule has 2 aromatic rings. The van der Waals surface area contributed by atoms with Crippen molar-refractivity contribution in [1.82, 2.24) is 0 Å². The highest BCUT2D eigenvalue weighted by Crippen LogP contribution is 2.14. The molecule has 0 aliphatic rings. The lowest BCUT2D eigenvalue weighted by Crippen LogP contribution is -2.21. The van der Waals surface area contributed by atoms with Gasteiger partial charge in [-0.2, -0.15) is 5.26 Å². The maximum absolute atomic E-state index is 11.8. The summed E-state index contributed by atoms with van der Waals surface area (Å²) >= 11 is 0. The fraction of sp³-hybridized carbons (Fsp3) is 0.125. The summed E-state index contributed by atoms with van der Waals surface area (Å²) in [7, 11) is 1.60. The summed E-state index contributed by atoms with van der Waals surface area (Å²) < 4.78 is 5.06. The number of benzene rings is 2. The quantitative estimate of drug-likeness (QED) is 0.883. The Morgan fingerprint density at radius 3 is 2.29 bits per heavy atom. The van der Waals surface area contributed by atoms with E-state index in [-0.39, 0.29) is 12.5 Å². The van der Waals surface area contributed by atoms with E-state index in [0.717, 1.165) is 11.4 Å².